The topological polar surface area (TPSA) is 106 Å². The van der Waals surface area contributed by atoms with E-state index in [1.165, 1.54) is 17.5 Å². The maximum absolute atomic E-state index is 11.0. The molecule has 0 atom stereocenters. The summed E-state index contributed by atoms with van der Waals surface area (Å²) in [5, 5.41) is 18.8. The molecule has 0 unspecified atom stereocenters. The van der Waals surface area contributed by atoms with Crippen LogP contribution in [0.1, 0.15) is 19.0 Å². The molecule has 2 aromatic heterocycles. The minimum atomic E-state index is -0.507. The van der Waals surface area contributed by atoms with E-state index in [2.05, 4.69) is 25.6 Å². The lowest BCUT2D eigenvalue weighted by atomic mass is 10.4. The zero-order valence-electron chi connectivity index (χ0n) is 10.9. The second kappa shape index (κ2) is 6.75. The number of hydrogen-bond acceptors (Lipinski definition) is 8. The molecule has 0 aliphatic carbocycles. The highest BCUT2D eigenvalue weighted by Crippen LogP contribution is 2.22. The Hall–Kier alpha value is -2.29. The smallest absolute Gasteiger partial charge is 0.329 e. The average molecular weight is 294 g/mol. The van der Waals surface area contributed by atoms with Crippen molar-refractivity contribution in [3.8, 4) is 0 Å². The van der Waals surface area contributed by atoms with Crippen molar-refractivity contribution in [3.05, 3.63) is 32.9 Å². The minimum Gasteiger partial charge on any atom is -0.359 e. The number of nitrogens with zero attached hydrogens (tertiary/aromatic N) is 4. The summed E-state index contributed by atoms with van der Waals surface area (Å²) in [6.45, 7) is 3.11. The number of thiazole rings is 1. The molecule has 0 fully saturated rings. The molecule has 2 N–H and O–H groups in total. The van der Waals surface area contributed by atoms with Crippen LogP contribution < -0.4 is 10.6 Å². The Labute approximate surface area is 119 Å². The van der Waals surface area contributed by atoms with Crippen LogP contribution in [0.5, 0.6) is 0 Å². The molecule has 0 saturated carbocycles. The number of aromatic nitrogens is 3. The van der Waals surface area contributed by atoms with E-state index in [1.54, 1.807) is 5.51 Å². The van der Waals surface area contributed by atoms with Crippen molar-refractivity contribution in [2.24, 2.45) is 0 Å². The SMILES string of the molecule is CCCNc1ncc([N+](=O)[O-])c(NCc2cscn2)n1. The molecule has 9 heteroatoms. The highest BCUT2D eigenvalue weighted by atomic mass is 32.1. The molecule has 2 heterocycles. The van der Waals surface area contributed by atoms with Gasteiger partial charge in [0.05, 0.1) is 22.7 Å². The number of rotatable bonds is 7. The fourth-order valence-corrected chi connectivity index (χ4v) is 2.02. The highest BCUT2D eigenvalue weighted by Gasteiger charge is 2.17. The molecule has 20 heavy (non-hydrogen) atoms. The Balaban J connectivity index is 2.15. The van der Waals surface area contributed by atoms with Crippen LogP contribution in [-0.2, 0) is 6.54 Å². The monoisotopic (exact) mass is 294 g/mol. The van der Waals surface area contributed by atoms with Gasteiger partial charge in [-0.2, -0.15) is 4.98 Å². The van der Waals surface area contributed by atoms with Crippen molar-refractivity contribution in [1.82, 2.24) is 15.0 Å². The third-order valence-corrected chi connectivity index (χ3v) is 3.05. The summed E-state index contributed by atoms with van der Waals surface area (Å²) in [4.78, 5) is 22.6. The van der Waals surface area contributed by atoms with Crippen LogP contribution in [0.15, 0.2) is 17.1 Å². The Morgan fingerprint density at radius 3 is 2.90 bits per heavy atom. The van der Waals surface area contributed by atoms with Crippen LogP contribution >= 0.6 is 11.3 Å². The van der Waals surface area contributed by atoms with Gasteiger partial charge in [0.25, 0.3) is 0 Å². The molecule has 0 radical (unpaired) electrons. The molecular weight excluding hydrogens is 280 g/mol. The maximum atomic E-state index is 11.0. The normalized spacial score (nSPS) is 10.2. The van der Waals surface area contributed by atoms with Gasteiger partial charge in [-0.3, -0.25) is 10.1 Å². The lowest BCUT2D eigenvalue weighted by Crippen LogP contribution is -2.09. The molecule has 0 aliphatic heterocycles. The first-order valence-corrected chi connectivity index (χ1v) is 7.01. The molecule has 2 rings (SSSR count). The van der Waals surface area contributed by atoms with Gasteiger partial charge < -0.3 is 10.6 Å². The molecule has 0 spiro atoms. The summed E-state index contributed by atoms with van der Waals surface area (Å²) in [5.41, 5.74) is 2.37. The lowest BCUT2D eigenvalue weighted by Gasteiger charge is -2.07. The van der Waals surface area contributed by atoms with Crippen LogP contribution in [0, 0.1) is 10.1 Å². The van der Waals surface area contributed by atoms with Crippen molar-refractivity contribution < 1.29 is 4.92 Å². The van der Waals surface area contributed by atoms with Crippen LogP contribution in [0.25, 0.3) is 0 Å². The first-order chi connectivity index (χ1) is 9.70. The van der Waals surface area contributed by atoms with E-state index in [9.17, 15) is 10.1 Å². The summed E-state index contributed by atoms with van der Waals surface area (Å²) in [6, 6.07) is 0. The molecular formula is C11H14N6O2S. The van der Waals surface area contributed by atoms with Gasteiger partial charge in [-0.25, -0.2) is 9.97 Å². The predicted molar refractivity (Wildman–Crippen MR) is 76.9 cm³/mol. The number of nitrogens with one attached hydrogen (secondary N) is 2. The second-order valence-corrected chi connectivity index (χ2v) is 4.66. The van der Waals surface area contributed by atoms with Crippen molar-refractivity contribution in [3.63, 3.8) is 0 Å². The number of nitro groups is 1. The van der Waals surface area contributed by atoms with Crippen LogP contribution in [0.4, 0.5) is 17.5 Å². The van der Waals surface area contributed by atoms with E-state index < -0.39 is 4.92 Å². The van der Waals surface area contributed by atoms with Crippen molar-refractivity contribution in [1.29, 1.82) is 0 Å². The van der Waals surface area contributed by atoms with E-state index >= 15 is 0 Å². The summed E-state index contributed by atoms with van der Waals surface area (Å²) >= 11 is 1.47. The van der Waals surface area contributed by atoms with E-state index in [1.807, 2.05) is 12.3 Å². The van der Waals surface area contributed by atoms with E-state index in [0.29, 0.717) is 19.0 Å². The molecule has 0 amide bonds. The Kier molecular flexibility index (Phi) is 4.77. The lowest BCUT2D eigenvalue weighted by molar-refractivity contribution is -0.384. The third kappa shape index (κ3) is 3.60. The fourth-order valence-electron chi connectivity index (χ4n) is 1.46. The second-order valence-electron chi connectivity index (χ2n) is 3.94. The molecule has 8 nitrogen and oxygen atoms in total. The third-order valence-electron chi connectivity index (χ3n) is 2.42. The van der Waals surface area contributed by atoms with E-state index in [4.69, 9.17) is 0 Å². The first kappa shape index (κ1) is 14.1. The summed E-state index contributed by atoms with van der Waals surface area (Å²) < 4.78 is 0. The zero-order valence-corrected chi connectivity index (χ0v) is 11.7. The van der Waals surface area contributed by atoms with Crippen molar-refractivity contribution in [2.75, 3.05) is 17.2 Å². The van der Waals surface area contributed by atoms with Gasteiger partial charge in [-0.15, -0.1) is 11.3 Å². The minimum absolute atomic E-state index is 0.151. The van der Waals surface area contributed by atoms with Crippen LogP contribution in [0.2, 0.25) is 0 Å². The van der Waals surface area contributed by atoms with E-state index in [-0.39, 0.29) is 11.5 Å². The van der Waals surface area contributed by atoms with Crippen molar-refractivity contribution in [2.45, 2.75) is 19.9 Å². The van der Waals surface area contributed by atoms with Crippen LogP contribution in [0.3, 0.4) is 0 Å². The first-order valence-electron chi connectivity index (χ1n) is 6.07. The molecule has 0 bridgehead atoms. The van der Waals surface area contributed by atoms with E-state index in [0.717, 1.165) is 12.1 Å². The standard InChI is InChI=1S/C11H14N6O2S/c1-2-3-12-11-14-5-9(17(18)19)10(16-11)13-4-8-6-20-7-15-8/h5-7H,2-4H2,1H3,(H2,12,13,14,16). The van der Waals surface area contributed by atoms with Gasteiger partial charge >= 0.3 is 5.69 Å². The Morgan fingerprint density at radius 1 is 1.40 bits per heavy atom. The summed E-state index contributed by atoms with van der Waals surface area (Å²) in [5.74, 6) is 0.565. The van der Waals surface area contributed by atoms with Gasteiger partial charge in [0.2, 0.25) is 11.8 Å². The predicted octanol–water partition coefficient (Wildman–Crippen LogP) is 2.28. The summed E-state index contributed by atoms with van der Waals surface area (Å²) in [6.07, 6.45) is 2.12. The summed E-state index contributed by atoms with van der Waals surface area (Å²) in [7, 11) is 0. The molecule has 106 valence electrons. The van der Waals surface area contributed by atoms with Gasteiger partial charge in [0.1, 0.15) is 6.20 Å². The Morgan fingerprint density at radius 2 is 2.25 bits per heavy atom. The van der Waals surface area contributed by atoms with Crippen LogP contribution in [-0.4, -0.2) is 26.4 Å². The highest BCUT2D eigenvalue weighted by molar-refractivity contribution is 7.07. The molecule has 2 aromatic rings. The van der Waals surface area contributed by atoms with Gasteiger partial charge in [-0.1, -0.05) is 6.92 Å². The quantitative estimate of drug-likeness (QED) is 0.596. The number of hydrogen-bond donors (Lipinski definition) is 2. The molecule has 0 saturated heterocycles. The molecule has 0 aliphatic rings. The van der Waals surface area contributed by atoms with Crippen molar-refractivity contribution >= 4 is 28.8 Å². The Bertz CT molecular complexity index is 574. The molecule has 0 aromatic carbocycles. The zero-order chi connectivity index (χ0) is 14.4. The average Bonchev–Trinajstić information content (AvgIpc) is 2.96. The maximum Gasteiger partial charge on any atom is 0.329 e. The van der Waals surface area contributed by atoms with Gasteiger partial charge in [-0.05, 0) is 6.42 Å². The fraction of sp³-hybridized carbons (Fsp3) is 0.364. The van der Waals surface area contributed by atoms with Gasteiger partial charge in [0, 0.05) is 11.9 Å². The number of anilines is 2. The van der Waals surface area contributed by atoms with Gasteiger partial charge in [0.15, 0.2) is 0 Å². The largest absolute Gasteiger partial charge is 0.359 e.